The third-order valence-electron chi connectivity index (χ3n) is 4.84. The molecule has 3 N–H and O–H groups in total. The van der Waals surface area contributed by atoms with Gasteiger partial charge < -0.3 is 15.4 Å². The van der Waals surface area contributed by atoms with Gasteiger partial charge in [-0.2, -0.15) is 0 Å². The number of rotatable bonds is 2. The first kappa shape index (κ1) is 11.0. The number of nitrogens with zero attached hydrogens (tertiary/aromatic N) is 1. The van der Waals surface area contributed by atoms with Crippen molar-refractivity contribution < 1.29 is 20.2 Å². The first-order chi connectivity index (χ1) is 7.96. The van der Waals surface area contributed by atoms with Gasteiger partial charge in [0.25, 0.3) is 0 Å². The molecule has 0 radical (unpaired) electrons. The largest absolute Gasteiger partial charge is 0.477 e. The van der Waals surface area contributed by atoms with Crippen molar-refractivity contribution in [1.82, 2.24) is 0 Å². The second-order valence-corrected chi connectivity index (χ2v) is 6.22. The van der Waals surface area contributed by atoms with Crippen molar-refractivity contribution in [3.8, 4) is 0 Å². The molecule has 4 aliphatic rings. The Balaban J connectivity index is 2.01. The van der Waals surface area contributed by atoms with Crippen LogP contribution in [0.4, 0.5) is 0 Å². The summed E-state index contributed by atoms with van der Waals surface area (Å²) in [5.41, 5.74) is -1.47. The Morgan fingerprint density at radius 2 is 1.76 bits per heavy atom. The number of hydrogen-bond donors (Lipinski definition) is 3. The maximum atomic E-state index is 11.2. The minimum absolute atomic E-state index is 0.148. The minimum Gasteiger partial charge on any atom is -0.477 e. The van der Waals surface area contributed by atoms with Crippen LogP contribution in [-0.4, -0.2) is 32.7 Å². The Labute approximate surface area is 99.1 Å². The molecule has 4 bridgehead atoms. The molecule has 4 aliphatic carbocycles. The van der Waals surface area contributed by atoms with Gasteiger partial charge in [-0.3, -0.25) is 0 Å². The lowest BCUT2D eigenvalue weighted by atomic mass is 9.47. The molecule has 0 heterocycles. The maximum absolute atomic E-state index is 11.2. The molecule has 0 amide bonds. The fourth-order valence-corrected chi connectivity index (χ4v) is 4.87. The van der Waals surface area contributed by atoms with Gasteiger partial charge in [-0.1, -0.05) is 5.16 Å². The minimum atomic E-state index is -1.15. The van der Waals surface area contributed by atoms with Gasteiger partial charge in [-0.25, -0.2) is 4.79 Å². The highest BCUT2D eigenvalue weighted by Crippen LogP contribution is 2.62. The van der Waals surface area contributed by atoms with E-state index in [1.54, 1.807) is 0 Å². The van der Waals surface area contributed by atoms with Crippen LogP contribution < -0.4 is 0 Å². The lowest BCUT2D eigenvalue weighted by Gasteiger charge is -2.59. The highest BCUT2D eigenvalue weighted by Gasteiger charge is 2.60. The zero-order chi connectivity index (χ0) is 12.3. The van der Waals surface area contributed by atoms with E-state index in [9.17, 15) is 9.90 Å². The number of oxime groups is 1. The molecule has 0 spiro atoms. The number of hydrogen-bond acceptors (Lipinski definition) is 4. The Kier molecular flexibility index (Phi) is 2.09. The van der Waals surface area contributed by atoms with Crippen molar-refractivity contribution in [1.29, 1.82) is 0 Å². The molecule has 94 valence electrons. The summed E-state index contributed by atoms with van der Waals surface area (Å²) in [4.78, 5) is 11.2. The van der Waals surface area contributed by atoms with Crippen LogP contribution in [0.5, 0.6) is 0 Å². The van der Waals surface area contributed by atoms with E-state index in [2.05, 4.69) is 5.16 Å². The molecule has 4 saturated carbocycles. The van der Waals surface area contributed by atoms with E-state index >= 15 is 0 Å². The summed E-state index contributed by atoms with van der Waals surface area (Å²) in [6.45, 7) is 0. The normalized spacial score (nSPS) is 48.4. The number of aliphatic carboxylic acids is 1. The van der Waals surface area contributed by atoms with Crippen LogP contribution in [0, 0.1) is 17.3 Å². The Bertz CT molecular complexity index is 389. The predicted octanol–water partition coefficient (Wildman–Crippen LogP) is 1.23. The van der Waals surface area contributed by atoms with Crippen LogP contribution in [-0.2, 0) is 4.79 Å². The summed E-state index contributed by atoms with van der Waals surface area (Å²) < 4.78 is 0. The quantitative estimate of drug-likeness (QED) is 0.384. The molecule has 0 aromatic heterocycles. The summed E-state index contributed by atoms with van der Waals surface area (Å²) >= 11 is 0. The molecule has 0 aliphatic heterocycles. The van der Waals surface area contributed by atoms with E-state index < -0.39 is 17.0 Å². The van der Waals surface area contributed by atoms with Crippen molar-refractivity contribution in [3.63, 3.8) is 0 Å². The zero-order valence-electron chi connectivity index (χ0n) is 9.59. The smallest absolute Gasteiger partial charge is 0.354 e. The molecule has 0 saturated heterocycles. The zero-order valence-corrected chi connectivity index (χ0v) is 9.59. The van der Waals surface area contributed by atoms with Crippen LogP contribution in [0.3, 0.4) is 0 Å². The topological polar surface area (TPSA) is 90.1 Å². The van der Waals surface area contributed by atoms with Gasteiger partial charge in [0.2, 0.25) is 0 Å². The van der Waals surface area contributed by atoms with Crippen molar-refractivity contribution >= 4 is 11.7 Å². The fraction of sp³-hybridized carbons (Fsp3) is 0.833. The maximum Gasteiger partial charge on any atom is 0.354 e. The van der Waals surface area contributed by atoms with Crippen LogP contribution in [0.25, 0.3) is 0 Å². The molecule has 4 rings (SSSR count). The molecule has 17 heavy (non-hydrogen) atoms. The molecular formula is C12H17NO4. The summed E-state index contributed by atoms with van der Waals surface area (Å²) in [7, 11) is 0. The summed E-state index contributed by atoms with van der Waals surface area (Å²) in [5, 5.41) is 31.6. The van der Waals surface area contributed by atoms with E-state index in [1.807, 2.05) is 0 Å². The third kappa shape index (κ3) is 1.48. The van der Waals surface area contributed by atoms with Crippen molar-refractivity contribution in [2.45, 2.75) is 44.1 Å². The van der Waals surface area contributed by atoms with Gasteiger partial charge in [-0.15, -0.1) is 0 Å². The second kappa shape index (κ2) is 3.22. The van der Waals surface area contributed by atoms with Crippen LogP contribution in [0.2, 0.25) is 0 Å². The van der Waals surface area contributed by atoms with Gasteiger partial charge in [-0.05, 0) is 50.4 Å². The Hall–Kier alpha value is -1.10. The predicted molar refractivity (Wildman–Crippen MR) is 58.9 cm³/mol. The van der Waals surface area contributed by atoms with E-state index in [0.717, 1.165) is 32.1 Å². The lowest BCUT2D eigenvalue weighted by Crippen LogP contribution is -2.59. The first-order valence-corrected chi connectivity index (χ1v) is 6.15. The average molecular weight is 239 g/mol. The molecule has 5 nitrogen and oxygen atoms in total. The number of carbonyl (C=O) groups is 1. The number of carboxylic acid groups (broad SMARTS) is 1. The molecular weight excluding hydrogens is 222 g/mol. The summed E-state index contributed by atoms with van der Waals surface area (Å²) in [6, 6.07) is 0. The van der Waals surface area contributed by atoms with E-state index in [-0.39, 0.29) is 5.71 Å². The van der Waals surface area contributed by atoms with Crippen molar-refractivity contribution in [3.05, 3.63) is 0 Å². The van der Waals surface area contributed by atoms with E-state index in [4.69, 9.17) is 10.3 Å². The Morgan fingerprint density at radius 3 is 2.18 bits per heavy atom. The molecule has 0 aromatic carbocycles. The third-order valence-corrected chi connectivity index (χ3v) is 4.84. The fourth-order valence-electron chi connectivity index (χ4n) is 4.87. The van der Waals surface area contributed by atoms with Gasteiger partial charge in [0.05, 0.1) is 5.60 Å². The van der Waals surface area contributed by atoms with Gasteiger partial charge in [0, 0.05) is 5.41 Å². The van der Waals surface area contributed by atoms with E-state index in [1.165, 1.54) is 0 Å². The molecule has 2 unspecified atom stereocenters. The van der Waals surface area contributed by atoms with Gasteiger partial charge in [0.1, 0.15) is 0 Å². The standard InChI is InChI=1S/C12H17NO4/c14-10(15)9(13-17)11-2-7-1-8(3-11)5-12(16,4-7)6-11/h7-8,16-17H,1-6H2,(H,14,15)/b13-9+/t7-,8+,11?,12?. The highest BCUT2D eigenvalue weighted by atomic mass is 16.4. The van der Waals surface area contributed by atoms with E-state index in [0.29, 0.717) is 18.3 Å². The van der Waals surface area contributed by atoms with Crippen LogP contribution in [0.15, 0.2) is 5.16 Å². The average Bonchev–Trinajstić information content (AvgIpc) is 2.12. The SMILES string of the molecule is O=C(O)/C(=N\O)C12C[C@@H]3C[C@@H](CC(O)(C3)C1)C2. The molecule has 5 heteroatoms. The number of aliphatic hydroxyl groups is 1. The van der Waals surface area contributed by atoms with Crippen LogP contribution in [0.1, 0.15) is 38.5 Å². The summed E-state index contributed by atoms with van der Waals surface area (Å²) in [5.74, 6) is -0.382. The lowest BCUT2D eigenvalue weighted by molar-refractivity contribution is -0.147. The number of carboxylic acids is 1. The van der Waals surface area contributed by atoms with Crippen molar-refractivity contribution in [2.75, 3.05) is 0 Å². The van der Waals surface area contributed by atoms with Gasteiger partial charge in [0.15, 0.2) is 5.71 Å². The monoisotopic (exact) mass is 239 g/mol. The highest BCUT2D eigenvalue weighted by molar-refractivity contribution is 6.37. The van der Waals surface area contributed by atoms with Crippen molar-refractivity contribution in [2.24, 2.45) is 22.4 Å². The Morgan fingerprint density at radius 1 is 1.18 bits per heavy atom. The summed E-state index contributed by atoms with van der Waals surface area (Å²) in [6.07, 6.45) is 4.59. The second-order valence-electron chi connectivity index (χ2n) is 6.22. The van der Waals surface area contributed by atoms with Crippen LogP contribution >= 0.6 is 0 Å². The molecule has 0 aromatic rings. The molecule has 4 fully saturated rings. The first-order valence-electron chi connectivity index (χ1n) is 6.15. The van der Waals surface area contributed by atoms with Gasteiger partial charge >= 0.3 is 5.97 Å². The molecule has 4 atom stereocenters.